The number of alkyl halides is 3. The number of halogens is 3. The minimum atomic E-state index is -4.36. The van der Waals surface area contributed by atoms with Crippen LogP contribution in [0.4, 0.5) is 24.5 Å². The van der Waals surface area contributed by atoms with E-state index in [0.29, 0.717) is 0 Å². The molecule has 7 heteroatoms. The zero-order chi connectivity index (χ0) is 15.5. The second-order valence-electron chi connectivity index (χ2n) is 4.60. The molecule has 0 unspecified atom stereocenters. The maximum absolute atomic E-state index is 12.6. The lowest BCUT2D eigenvalue weighted by Crippen LogP contribution is -2.39. The van der Waals surface area contributed by atoms with Gasteiger partial charge in [0.2, 0.25) is 0 Å². The van der Waals surface area contributed by atoms with Crippen molar-refractivity contribution >= 4 is 17.3 Å². The maximum Gasteiger partial charge on any atom is 0.405 e. The Morgan fingerprint density at radius 2 is 2.00 bits per heavy atom. The van der Waals surface area contributed by atoms with Gasteiger partial charge in [-0.1, -0.05) is 0 Å². The number of carbonyl (C=O) groups is 1. The van der Waals surface area contributed by atoms with Gasteiger partial charge >= 0.3 is 12.1 Å². The number of anilines is 2. The van der Waals surface area contributed by atoms with E-state index >= 15 is 0 Å². The Morgan fingerprint density at radius 3 is 2.45 bits per heavy atom. The number of benzene rings is 1. The molecule has 0 aromatic heterocycles. The molecule has 1 aromatic rings. The first-order chi connectivity index (χ1) is 9.15. The Balaban J connectivity index is 3.22. The van der Waals surface area contributed by atoms with Gasteiger partial charge in [-0.05, 0) is 32.0 Å². The standard InChI is InChI=1S/C13H17F3N2O2/c1-8(2)18(7-13(14,15)16)11-6-9(12(19)20-3)4-5-10(11)17/h4-6,8H,7,17H2,1-3H3. The molecule has 1 rings (SSSR count). The van der Waals surface area contributed by atoms with Gasteiger partial charge in [0.05, 0.1) is 24.0 Å². The average molecular weight is 290 g/mol. The van der Waals surface area contributed by atoms with Crippen molar-refractivity contribution in [2.24, 2.45) is 0 Å². The van der Waals surface area contributed by atoms with Crippen LogP contribution in [0.15, 0.2) is 18.2 Å². The van der Waals surface area contributed by atoms with Gasteiger partial charge in [0, 0.05) is 6.04 Å². The van der Waals surface area contributed by atoms with Crippen LogP contribution in [0.25, 0.3) is 0 Å². The lowest BCUT2D eigenvalue weighted by atomic mass is 10.1. The Kier molecular flexibility index (Phi) is 4.86. The zero-order valence-electron chi connectivity index (χ0n) is 11.5. The van der Waals surface area contributed by atoms with E-state index in [2.05, 4.69) is 4.74 Å². The third-order valence-corrected chi connectivity index (χ3v) is 2.73. The molecule has 0 saturated heterocycles. The normalized spacial score (nSPS) is 11.6. The number of carbonyl (C=O) groups excluding carboxylic acids is 1. The molecule has 0 fully saturated rings. The molecule has 0 aliphatic heterocycles. The van der Waals surface area contributed by atoms with Gasteiger partial charge in [-0.15, -0.1) is 0 Å². The summed E-state index contributed by atoms with van der Waals surface area (Å²) in [5.74, 6) is -0.623. The molecule has 0 heterocycles. The number of ether oxygens (including phenoxy) is 1. The van der Waals surface area contributed by atoms with Gasteiger partial charge in [-0.25, -0.2) is 4.79 Å². The van der Waals surface area contributed by atoms with E-state index in [1.54, 1.807) is 13.8 Å². The third-order valence-electron chi connectivity index (χ3n) is 2.73. The summed E-state index contributed by atoms with van der Waals surface area (Å²) >= 11 is 0. The first kappa shape index (κ1) is 16.1. The first-order valence-electron chi connectivity index (χ1n) is 5.97. The second-order valence-corrected chi connectivity index (χ2v) is 4.60. The number of rotatable bonds is 4. The summed E-state index contributed by atoms with van der Waals surface area (Å²) in [7, 11) is 1.20. The van der Waals surface area contributed by atoms with Gasteiger partial charge in [-0.2, -0.15) is 13.2 Å². The van der Waals surface area contributed by atoms with Crippen molar-refractivity contribution in [2.75, 3.05) is 24.3 Å². The van der Waals surface area contributed by atoms with Gasteiger partial charge < -0.3 is 15.4 Å². The fourth-order valence-electron chi connectivity index (χ4n) is 1.78. The van der Waals surface area contributed by atoms with Gasteiger partial charge in [0.25, 0.3) is 0 Å². The fourth-order valence-corrected chi connectivity index (χ4v) is 1.78. The molecule has 0 amide bonds. The molecule has 0 aliphatic rings. The van der Waals surface area contributed by atoms with Crippen LogP contribution < -0.4 is 10.6 Å². The minimum absolute atomic E-state index is 0.157. The number of nitrogens with two attached hydrogens (primary N) is 1. The molecule has 1 aromatic carbocycles. The minimum Gasteiger partial charge on any atom is -0.465 e. The van der Waals surface area contributed by atoms with E-state index in [1.807, 2.05) is 0 Å². The van der Waals surface area contributed by atoms with Gasteiger partial charge in [0.1, 0.15) is 6.54 Å². The van der Waals surface area contributed by atoms with Crippen molar-refractivity contribution in [3.63, 3.8) is 0 Å². The summed E-state index contributed by atoms with van der Waals surface area (Å²) < 4.78 is 42.5. The molecule has 0 radical (unpaired) electrons. The van der Waals surface area contributed by atoms with Crippen LogP contribution in [0.3, 0.4) is 0 Å². The molecule has 0 atom stereocenters. The zero-order valence-corrected chi connectivity index (χ0v) is 11.5. The van der Waals surface area contributed by atoms with Gasteiger partial charge in [-0.3, -0.25) is 0 Å². The van der Waals surface area contributed by atoms with Crippen molar-refractivity contribution in [1.29, 1.82) is 0 Å². The second kappa shape index (κ2) is 6.02. The van der Waals surface area contributed by atoms with Crippen molar-refractivity contribution in [3.05, 3.63) is 23.8 Å². The number of esters is 1. The highest BCUT2D eigenvalue weighted by molar-refractivity contribution is 5.92. The first-order valence-corrected chi connectivity index (χ1v) is 5.97. The number of nitrogen functional groups attached to an aromatic ring is 1. The van der Waals surface area contributed by atoms with E-state index in [4.69, 9.17) is 5.73 Å². The van der Waals surface area contributed by atoms with Crippen molar-refractivity contribution in [2.45, 2.75) is 26.1 Å². The molecule has 4 nitrogen and oxygen atoms in total. The molecular formula is C13H17F3N2O2. The van der Waals surface area contributed by atoms with Crippen molar-refractivity contribution in [1.82, 2.24) is 0 Å². The summed E-state index contributed by atoms with van der Waals surface area (Å²) in [6, 6.07) is 3.70. The molecule has 0 aliphatic carbocycles. The molecule has 0 spiro atoms. The number of nitrogens with zero attached hydrogens (tertiary/aromatic N) is 1. The van der Waals surface area contributed by atoms with Gasteiger partial charge in [0.15, 0.2) is 0 Å². The fraction of sp³-hybridized carbons (Fsp3) is 0.462. The molecule has 112 valence electrons. The number of methoxy groups -OCH3 is 1. The highest BCUT2D eigenvalue weighted by Gasteiger charge is 2.32. The topological polar surface area (TPSA) is 55.6 Å². The average Bonchev–Trinajstić information content (AvgIpc) is 2.34. The third kappa shape index (κ3) is 4.04. The van der Waals surface area contributed by atoms with Crippen LogP contribution in [0.5, 0.6) is 0 Å². The van der Waals surface area contributed by atoms with Crippen LogP contribution in [0.1, 0.15) is 24.2 Å². The predicted octanol–water partition coefficient (Wildman–Crippen LogP) is 2.83. The van der Waals surface area contributed by atoms with Crippen LogP contribution in [-0.2, 0) is 4.74 Å². The van der Waals surface area contributed by atoms with Crippen LogP contribution in [0.2, 0.25) is 0 Å². The molecule has 20 heavy (non-hydrogen) atoms. The van der Waals surface area contributed by atoms with E-state index in [0.717, 1.165) is 4.90 Å². The summed E-state index contributed by atoms with van der Waals surface area (Å²) in [6.07, 6.45) is -4.36. The number of hydrogen-bond acceptors (Lipinski definition) is 4. The van der Waals surface area contributed by atoms with E-state index in [-0.39, 0.29) is 16.9 Å². The molecule has 0 saturated carbocycles. The summed E-state index contributed by atoms with van der Waals surface area (Å²) in [6.45, 7) is 2.10. The molecule has 0 bridgehead atoms. The molecule has 2 N–H and O–H groups in total. The van der Waals surface area contributed by atoms with E-state index < -0.39 is 24.7 Å². The number of hydrogen-bond donors (Lipinski definition) is 1. The maximum atomic E-state index is 12.6. The smallest absolute Gasteiger partial charge is 0.405 e. The lowest BCUT2D eigenvalue weighted by Gasteiger charge is -2.31. The van der Waals surface area contributed by atoms with E-state index in [9.17, 15) is 18.0 Å². The van der Waals surface area contributed by atoms with Crippen molar-refractivity contribution in [3.8, 4) is 0 Å². The van der Waals surface area contributed by atoms with Crippen LogP contribution in [-0.4, -0.2) is 31.8 Å². The Labute approximate surface area is 115 Å². The SMILES string of the molecule is COC(=O)c1ccc(N)c(N(CC(F)(F)F)C(C)C)c1. The summed E-state index contributed by atoms with van der Waals surface area (Å²) in [4.78, 5) is 12.5. The highest BCUT2D eigenvalue weighted by Crippen LogP contribution is 2.30. The summed E-state index contributed by atoms with van der Waals surface area (Å²) in [5, 5.41) is 0. The molecular weight excluding hydrogens is 273 g/mol. The highest BCUT2D eigenvalue weighted by atomic mass is 19.4. The van der Waals surface area contributed by atoms with E-state index in [1.165, 1.54) is 25.3 Å². The van der Waals surface area contributed by atoms with Crippen LogP contribution in [0, 0.1) is 0 Å². The Morgan fingerprint density at radius 1 is 1.40 bits per heavy atom. The largest absolute Gasteiger partial charge is 0.465 e. The Bertz CT molecular complexity index is 487. The Hall–Kier alpha value is -1.92. The predicted molar refractivity (Wildman–Crippen MR) is 70.7 cm³/mol. The van der Waals surface area contributed by atoms with Crippen molar-refractivity contribution < 1.29 is 22.7 Å². The van der Waals surface area contributed by atoms with Crippen LogP contribution >= 0.6 is 0 Å². The lowest BCUT2D eigenvalue weighted by molar-refractivity contribution is -0.120. The quantitative estimate of drug-likeness (QED) is 0.684. The monoisotopic (exact) mass is 290 g/mol. The summed E-state index contributed by atoms with van der Waals surface area (Å²) in [5.41, 5.74) is 6.23.